The summed E-state index contributed by atoms with van der Waals surface area (Å²) in [6, 6.07) is 2.92. The van der Waals surface area contributed by atoms with Crippen molar-refractivity contribution >= 4 is 22.9 Å². The summed E-state index contributed by atoms with van der Waals surface area (Å²) in [5.41, 5.74) is 0.912. The van der Waals surface area contributed by atoms with Gasteiger partial charge in [0.2, 0.25) is 0 Å². The average molecular weight is 222 g/mol. The number of hydrogen-bond acceptors (Lipinski definition) is 3. The number of pyridine rings is 1. The highest BCUT2D eigenvalue weighted by Gasteiger charge is 2.07. The molecular weight excluding hydrogens is 215 g/mol. The van der Waals surface area contributed by atoms with Crippen LogP contribution in [0.2, 0.25) is 0 Å². The van der Waals surface area contributed by atoms with Crippen molar-refractivity contribution in [1.82, 2.24) is 4.98 Å². The van der Waals surface area contributed by atoms with Gasteiger partial charge in [-0.25, -0.2) is 4.39 Å². The molecule has 1 N–H and O–H groups in total. The Morgan fingerprint density at radius 2 is 2.33 bits per heavy atom. The van der Waals surface area contributed by atoms with Crippen LogP contribution in [-0.4, -0.2) is 10.9 Å². The fourth-order valence-corrected chi connectivity index (χ4v) is 1.66. The van der Waals surface area contributed by atoms with Crippen LogP contribution in [-0.2, 0) is 0 Å². The molecule has 76 valence electrons. The first-order chi connectivity index (χ1) is 7.25. The van der Waals surface area contributed by atoms with Gasteiger partial charge in [0, 0.05) is 11.6 Å². The van der Waals surface area contributed by atoms with E-state index in [0.717, 1.165) is 12.3 Å². The molecule has 2 heterocycles. The van der Waals surface area contributed by atoms with Crippen LogP contribution in [0.1, 0.15) is 10.4 Å². The molecule has 15 heavy (non-hydrogen) atoms. The van der Waals surface area contributed by atoms with E-state index in [9.17, 15) is 9.18 Å². The summed E-state index contributed by atoms with van der Waals surface area (Å²) in [4.78, 5) is 15.2. The lowest BCUT2D eigenvalue weighted by Gasteiger charge is -2.01. The number of carbonyl (C=O) groups is 1. The van der Waals surface area contributed by atoms with E-state index in [4.69, 9.17) is 0 Å². The van der Waals surface area contributed by atoms with Crippen LogP contribution in [0.25, 0.3) is 0 Å². The van der Waals surface area contributed by atoms with E-state index in [0.29, 0.717) is 5.69 Å². The molecule has 0 saturated carbocycles. The van der Waals surface area contributed by atoms with E-state index in [-0.39, 0.29) is 11.5 Å². The Balaban J connectivity index is 2.15. The molecule has 2 rings (SSSR count). The van der Waals surface area contributed by atoms with Crippen LogP contribution in [0.5, 0.6) is 0 Å². The van der Waals surface area contributed by atoms with E-state index in [1.807, 2.05) is 5.38 Å². The summed E-state index contributed by atoms with van der Waals surface area (Å²) in [7, 11) is 0. The van der Waals surface area contributed by atoms with E-state index in [2.05, 4.69) is 10.3 Å². The molecule has 0 bridgehead atoms. The molecule has 0 spiro atoms. The number of nitrogens with zero attached hydrogens (tertiary/aromatic N) is 1. The van der Waals surface area contributed by atoms with Gasteiger partial charge in [-0.2, -0.15) is 11.3 Å². The molecule has 3 nitrogen and oxygen atoms in total. The molecule has 0 saturated heterocycles. The molecule has 0 aromatic carbocycles. The summed E-state index contributed by atoms with van der Waals surface area (Å²) in [5, 5.41) is 6.27. The summed E-state index contributed by atoms with van der Waals surface area (Å²) in [6.45, 7) is 0. The third kappa shape index (κ3) is 2.38. The Labute approximate surface area is 89.6 Å². The largest absolute Gasteiger partial charge is 0.321 e. The topological polar surface area (TPSA) is 42.0 Å². The lowest BCUT2D eigenvalue weighted by atomic mass is 10.2. The van der Waals surface area contributed by atoms with Crippen LogP contribution in [0.15, 0.2) is 35.3 Å². The first-order valence-electron chi connectivity index (χ1n) is 4.20. The average Bonchev–Trinajstić information content (AvgIpc) is 2.70. The fourth-order valence-electron chi connectivity index (χ4n) is 1.07. The molecule has 0 atom stereocenters. The third-order valence-corrected chi connectivity index (χ3v) is 2.43. The normalized spacial score (nSPS) is 9.93. The first-order valence-corrected chi connectivity index (χ1v) is 5.14. The molecule has 2 aromatic rings. The van der Waals surface area contributed by atoms with Crippen LogP contribution in [0, 0.1) is 5.82 Å². The zero-order chi connectivity index (χ0) is 10.7. The summed E-state index contributed by atoms with van der Waals surface area (Å²) < 4.78 is 12.8. The summed E-state index contributed by atoms with van der Waals surface area (Å²) in [5.74, 6) is -0.881. The van der Waals surface area contributed by atoms with Crippen molar-refractivity contribution in [2.45, 2.75) is 0 Å². The molecule has 0 radical (unpaired) electrons. The highest BCUT2D eigenvalue weighted by molar-refractivity contribution is 7.08. The summed E-state index contributed by atoms with van der Waals surface area (Å²) in [6.07, 6.45) is 2.38. The molecule has 0 aliphatic rings. The van der Waals surface area contributed by atoms with Gasteiger partial charge in [0.25, 0.3) is 5.91 Å². The number of nitrogens with one attached hydrogen (secondary N) is 1. The Hall–Kier alpha value is -1.75. The highest BCUT2D eigenvalue weighted by atomic mass is 32.1. The van der Waals surface area contributed by atoms with Crippen molar-refractivity contribution in [1.29, 1.82) is 0 Å². The number of thiophene rings is 1. The minimum atomic E-state index is -0.520. The zero-order valence-electron chi connectivity index (χ0n) is 7.61. The van der Waals surface area contributed by atoms with Crippen molar-refractivity contribution in [2.75, 3.05) is 5.32 Å². The van der Waals surface area contributed by atoms with Crippen LogP contribution in [0.3, 0.4) is 0 Å². The molecular formula is C10H7FN2OS. The van der Waals surface area contributed by atoms with Gasteiger partial charge in [-0.05, 0) is 17.5 Å². The van der Waals surface area contributed by atoms with Crippen molar-refractivity contribution < 1.29 is 9.18 Å². The Kier molecular flexibility index (Phi) is 2.73. The highest BCUT2D eigenvalue weighted by Crippen LogP contribution is 2.13. The Morgan fingerprint density at radius 3 is 3.00 bits per heavy atom. The lowest BCUT2D eigenvalue weighted by molar-refractivity contribution is 0.102. The minimum absolute atomic E-state index is 0.209. The predicted octanol–water partition coefficient (Wildman–Crippen LogP) is 2.53. The van der Waals surface area contributed by atoms with Crippen molar-refractivity contribution in [3.8, 4) is 0 Å². The predicted molar refractivity (Wildman–Crippen MR) is 56.5 cm³/mol. The second-order valence-electron chi connectivity index (χ2n) is 2.86. The molecule has 0 unspecified atom stereocenters. The molecule has 2 aromatic heterocycles. The van der Waals surface area contributed by atoms with E-state index >= 15 is 0 Å². The summed E-state index contributed by atoms with van der Waals surface area (Å²) >= 11 is 1.48. The van der Waals surface area contributed by atoms with Gasteiger partial charge < -0.3 is 5.32 Å². The van der Waals surface area contributed by atoms with Gasteiger partial charge >= 0.3 is 0 Å². The second kappa shape index (κ2) is 4.18. The number of anilines is 1. The zero-order valence-corrected chi connectivity index (χ0v) is 8.42. The number of amides is 1. The van der Waals surface area contributed by atoms with E-state index in [1.165, 1.54) is 17.5 Å². The molecule has 0 fully saturated rings. The van der Waals surface area contributed by atoms with Crippen LogP contribution in [0.4, 0.5) is 10.1 Å². The van der Waals surface area contributed by atoms with E-state index < -0.39 is 5.82 Å². The number of hydrogen-bond donors (Lipinski definition) is 1. The van der Waals surface area contributed by atoms with Gasteiger partial charge in [-0.1, -0.05) is 0 Å². The molecule has 5 heteroatoms. The van der Waals surface area contributed by atoms with Gasteiger partial charge in [-0.3, -0.25) is 9.78 Å². The SMILES string of the molecule is O=C(Nc1ccsc1)c1cncc(F)c1. The Bertz CT molecular complexity index is 470. The maximum absolute atomic E-state index is 12.8. The van der Waals surface area contributed by atoms with Crippen LogP contribution >= 0.6 is 11.3 Å². The van der Waals surface area contributed by atoms with Gasteiger partial charge in [0.05, 0.1) is 17.4 Å². The van der Waals surface area contributed by atoms with Crippen molar-refractivity contribution in [3.05, 3.63) is 46.7 Å². The quantitative estimate of drug-likeness (QED) is 0.848. The fraction of sp³-hybridized carbons (Fsp3) is 0. The monoisotopic (exact) mass is 222 g/mol. The smallest absolute Gasteiger partial charge is 0.257 e. The maximum atomic E-state index is 12.8. The number of halogens is 1. The molecule has 1 amide bonds. The van der Waals surface area contributed by atoms with Gasteiger partial charge in [-0.15, -0.1) is 0 Å². The van der Waals surface area contributed by atoms with Gasteiger partial charge in [0.1, 0.15) is 5.82 Å². The van der Waals surface area contributed by atoms with E-state index in [1.54, 1.807) is 11.4 Å². The molecule has 0 aliphatic heterocycles. The number of rotatable bonds is 2. The molecule has 0 aliphatic carbocycles. The van der Waals surface area contributed by atoms with Gasteiger partial charge in [0.15, 0.2) is 0 Å². The van der Waals surface area contributed by atoms with Crippen LogP contribution < -0.4 is 5.32 Å². The maximum Gasteiger partial charge on any atom is 0.257 e. The third-order valence-electron chi connectivity index (χ3n) is 1.75. The van der Waals surface area contributed by atoms with Crippen molar-refractivity contribution in [3.63, 3.8) is 0 Å². The standard InChI is InChI=1S/C10H7FN2OS/c11-8-3-7(4-12-5-8)10(14)13-9-1-2-15-6-9/h1-6H,(H,13,14). The first kappa shape index (κ1) is 9.79. The number of aromatic nitrogens is 1. The van der Waals surface area contributed by atoms with Crippen molar-refractivity contribution in [2.24, 2.45) is 0 Å². The lowest BCUT2D eigenvalue weighted by Crippen LogP contribution is -2.11. The minimum Gasteiger partial charge on any atom is -0.321 e. The number of carbonyl (C=O) groups excluding carboxylic acids is 1. The second-order valence-corrected chi connectivity index (χ2v) is 3.64. The Morgan fingerprint density at radius 1 is 1.47 bits per heavy atom.